The Bertz CT molecular complexity index is 1160. The van der Waals surface area contributed by atoms with Crippen LogP contribution in [0.3, 0.4) is 0 Å². The van der Waals surface area contributed by atoms with Gasteiger partial charge >= 0.3 is 0 Å². The zero-order chi connectivity index (χ0) is 36.4. The van der Waals surface area contributed by atoms with Gasteiger partial charge in [0, 0.05) is 31.7 Å². The van der Waals surface area contributed by atoms with Crippen molar-refractivity contribution in [2.45, 2.75) is 131 Å². The summed E-state index contributed by atoms with van der Waals surface area (Å²) < 4.78 is 26.9. The number of fused-ring (bicyclic) bond motifs is 1. The fraction of sp³-hybridized carbons (Fsp3) is 0.650. The number of halogens is 2. The second-order valence-corrected chi connectivity index (χ2v) is 13.2. The monoisotopic (exact) mass is 688 g/mol. The summed E-state index contributed by atoms with van der Waals surface area (Å²) in [7, 11) is 0. The molecule has 7 nitrogen and oxygen atoms in total. The van der Waals surface area contributed by atoms with Crippen molar-refractivity contribution in [3.05, 3.63) is 70.8 Å². The van der Waals surface area contributed by atoms with Crippen LogP contribution in [0.15, 0.2) is 42.5 Å². The summed E-state index contributed by atoms with van der Waals surface area (Å²) in [5, 5.41) is 12.9. The Morgan fingerprint density at radius 2 is 1.63 bits per heavy atom. The van der Waals surface area contributed by atoms with Crippen LogP contribution in [0, 0.1) is 18.6 Å². The van der Waals surface area contributed by atoms with Crippen molar-refractivity contribution >= 4 is 11.8 Å². The molecule has 49 heavy (non-hydrogen) atoms. The van der Waals surface area contributed by atoms with Gasteiger partial charge in [0.1, 0.15) is 17.7 Å². The smallest absolute Gasteiger partial charge is 0.243 e. The first kappa shape index (κ1) is 44.1. The highest BCUT2D eigenvalue weighted by atomic mass is 19.1. The third kappa shape index (κ3) is 19.8. The van der Waals surface area contributed by atoms with E-state index in [0.717, 1.165) is 74.8 Å². The van der Waals surface area contributed by atoms with E-state index in [1.54, 1.807) is 12.1 Å². The summed E-state index contributed by atoms with van der Waals surface area (Å²) in [6, 6.07) is 11.5. The lowest BCUT2D eigenvalue weighted by molar-refractivity contribution is -0.129. The molecule has 0 radical (unpaired) electrons. The van der Waals surface area contributed by atoms with Gasteiger partial charge in [0.2, 0.25) is 11.8 Å². The SMILES string of the molecule is CCC.CCCCCN(CCC)CC1NC(=O)CNC(CC)CN[C@@H](C)CCc2c(F)cccc2CCCNC1=O.Cc1cccc(F)c1. The molecular formula is C40H67F2N5O2. The van der Waals surface area contributed by atoms with Gasteiger partial charge in [-0.3, -0.25) is 9.59 Å². The zero-order valence-electron chi connectivity index (χ0n) is 31.6. The normalized spacial score (nSPS) is 19.5. The second kappa shape index (κ2) is 26.9. The Kier molecular flexibility index (Phi) is 24.3. The number of hydrogen-bond acceptors (Lipinski definition) is 5. The van der Waals surface area contributed by atoms with Gasteiger partial charge in [0.05, 0.1) is 6.54 Å². The van der Waals surface area contributed by atoms with E-state index in [2.05, 4.69) is 67.7 Å². The van der Waals surface area contributed by atoms with Crippen LogP contribution in [0.2, 0.25) is 0 Å². The van der Waals surface area contributed by atoms with E-state index in [1.165, 1.54) is 24.6 Å². The number of benzene rings is 2. The maximum atomic E-state index is 14.7. The van der Waals surface area contributed by atoms with Crippen molar-refractivity contribution in [2.24, 2.45) is 0 Å². The number of aryl methyl sites for hydroxylation is 2. The molecule has 3 atom stereocenters. The number of amides is 2. The van der Waals surface area contributed by atoms with E-state index in [1.807, 2.05) is 19.1 Å². The minimum absolute atomic E-state index is 0.129. The van der Waals surface area contributed by atoms with Crippen LogP contribution in [0.25, 0.3) is 0 Å². The first-order valence-corrected chi connectivity index (χ1v) is 18.8. The molecule has 0 aromatic heterocycles. The fourth-order valence-electron chi connectivity index (χ4n) is 5.63. The van der Waals surface area contributed by atoms with E-state index >= 15 is 0 Å². The lowest BCUT2D eigenvalue weighted by Crippen LogP contribution is -2.55. The van der Waals surface area contributed by atoms with Crippen LogP contribution in [0.1, 0.15) is 110 Å². The molecule has 0 saturated heterocycles. The minimum atomic E-state index is -0.612. The fourth-order valence-corrected chi connectivity index (χ4v) is 5.63. The van der Waals surface area contributed by atoms with Gasteiger partial charge in [0.15, 0.2) is 0 Å². The molecule has 4 N–H and O–H groups in total. The number of carbonyl (C=O) groups is 2. The molecule has 0 bridgehead atoms. The van der Waals surface area contributed by atoms with Crippen molar-refractivity contribution in [1.82, 2.24) is 26.2 Å². The highest BCUT2D eigenvalue weighted by molar-refractivity contribution is 5.88. The second-order valence-electron chi connectivity index (χ2n) is 13.2. The number of rotatable bonds is 9. The van der Waals surface area contributed by atoms with E-state index in [9.17, 15) is 18.4 Å². The topological polar surface area (TPSA) is 85.5 Å². The Balaban J connectivity index is 0.000000927. The van der Waals surface area contributed by atoms with Gasteiger partial charge in [-0.25, -0.2) is 8.78 Å². The average Bonchev–Trinajstić information content (AvgIpc) is 3.06. The molecule has 278 valence electrons. The Morgan fingerprint density at radius 1 is 0.898 bits per heavy atom. The molecular weight excluding hydrogens is 620 g/mol. The van der Waals surface area contributed by atoms with Crippen molar-refractivity contribution < 1.29 is 18.4 Å². The summed E-state index contributed by atoms with van der Waals surface area (Å²) in [5.41, 5.74) is 2.76. The number of unbranched alkanes of at least 4 members (excludes halogenated alkanes) is 2. The third-order valence-electron chi connectivity index (χ3n) is 8.41. The summed E-state index contributed by atoms with van der Waals surface area (Å²) in [4.78, 5) is 28.4. The Labute approximate surface area is 296 Å². The summed E-state index contributed by atoms with van der Waals surface area (Å²) in [5.74, 6) is -0.627. The summed E-state index contributed by atoms with van der Waals surface area (Å²) in [6.45, 7) is 18.3. The average molecular weight is 688 g/mol. The van der Waals surface area contributed by atoms with Crippen LogP contribution in [0.5, 0.6) is 0 Å². The van der Waals surface area contributed by atoms with Gasteiger partial charge in [-0.2, -0.15) is 0 Å². The van der Waals surface area contributed by atoms with Crippen molar-refractivity contribution in [3.8, 4) is 0 Å². The van der Waals surface area contributed by atoms with E-state index < -0.39 is 6.04 Å². The molecule has 0 fully saturated rings. The standard InChI is InChI=1S/C30H52FN5O2.C7H7F.C3H8/c1-5-8-9-19-36(18-6-2)22-28-30(38)32-17-11-13-24-12-10-14-27(31)26(24)16-15-23(4)33-20-25(7-3)34-21-29(37)35-28;1-6-3-2-4-7(8)5-6;1-3-2/h10,12,14,23,25,28,33-34H,5-9,11,13,15-22H2,1-4H3,(H,32,38)(H,35,37);2-5H,1H3;3H2,1-2H3/t23-,25?,28?;;/m0../s1. The first-order valence-electron chi connectivity index (χ1n) is 18.8. The van der Waals surface area contributed by atoms with Gasteiger partial charge in [-0.05, 0) is 107 Å². The van der Waals surface area contributed by atoms with E-state index in [-0.39, 0.29) is 42.1 Å². The number of hydrogen-bond donors (Lipinski definition) is 4. The van der Waals surface area contributed by atoms with Gasteiger partial charge in [-0.1, -0.05) is 78.1 Å². The predicted octanol–water partition coefficient (Wildman–Crippen LogP) is 7.10. The zero-order valence-corrected chi connectivity index (χ0v) is 31.6. The van der Waals surface area contributed by atoms with Crippen molar-refractivity contribution in [1.29, 1.82) is 0 Å². The van der Waals surface area contributed by atoms with Crippen LogP contribution < -0.4 is 21.3 Å². The van der Waals surface area contributed by atoms with Gasteiger partial charge in [0.25, 0.3) is 0 Å². The molecule has 0 saturated carbocycles. The Hall–Kier alpha value is -2.88. The van der Waals surface area contributed by atoms with Gasteiger partial charge < -0.3 is 26.2 Å². The van der Waals surface area contributed by atoms with Crippen LogP contribution in [-0.4, -0.2) is 74.1 Å². The molecule has 0 spiro atoms. The first-order chi connectivity index (χ1) is 23.6. The summed E-state index contributed by atoms with van der Waals surface area (Å²) in [6.07, 6.45) is 9.41. The lowest BCUT2D eigenvalue weighted by atomic mass is 9.97. The molecule has 1 heterocycles. The number of carbonyl (C=O) groups excluding carboxylic acids is 2. The molecule has 0 aliphatic carbocycles. The maximum absolute atomic E-state index is 14.7. The number of nitrogens with one attached hydrogen (secondary N) is 4. The lowest BCUT2D eigenvalue weighted by Gasteiger charge is -2.28. The maximum Gasteiger partial charge on any atom is 0.243 e. The highest BCUT2D eigenvalue weighted by Crippen LogP contribution is 2.18. The summed E-state index contributed by atoms with van der Waals surface area (Å²) >= 11 is 0. The molecule has 2 unspecified atom stereocenters. The molecule has 1 aliphatic heterocycles. The quantitative estimate of drug-likeness (QED) is 0.212. The number of nitrogens with zero attached hydrogens (tertiary/aromatic N) is 1. The molecule has 2 aromatic carbocycles. The largest absolute Gasteiger partial charge is 0.354 e. The van der Waals surface area contributed by atoms with E-state index in [4.69, 9.17) is 0 Å². The van der Waals surface area contributed by atoms with Crippen LogP contribution in [0.4, 0.5) is 8.78 Å². The van der Waals surface area contributed by atoms with Gasteiger partial charge in [-0.15, -0.1) is 0 Å². The van der Waals surface area contributed by atoms with Crippen LogP contribution >= 0.6 is 0 Å². The highest BCUT2D eigenvalue weighted by Gasteiger charge is 2.24. The predicted molar refractivity (Wildman–Crippen MR) is 201 cm³/mol. The molecule has 2 aromatic rings. The molecule has 9 heteroatoms. The van der Waals surface area contributed by atoms with E-state index in [0.29, 0.717) is 32.4 Å². The molecule has 3 rings (SSSR count). The van der Waals surface area contributed by atoms with Crippen molar-refractivity contribution in [3.63, 3.8) is 0 Å². The minimum Gasteiger partial charge on any atom is -0.354 e. The molecule has 2 amide bonds. The Morgan fingerprint density at radius 3 is 2.27 bits per heavy atom. The van der Waals surface area contributed by atoms with Crippen molar-refractivity contribution in [2.75, 3.05) is 39.3 Å². The third-order valence-corrected chi connectivity index (χ3v) is 8.41. The van der Waals surface area contributed by atoms with Crippen LogP contribution in [-0.2, 0) is 22.4 Å². The molecule has 1 aliphatic rings.